The molecule has 0 unspecified atom stereocenters. The van der Waals surface area contributed by atoms with Crippen molar-refractivity contribution in [3.8, 4) is 0 Å². The van der Waals surface area contributed by atoms with Crippen LogP contribution < -0.4 is 5.32 Å². The number of halogens is 3. The van der Waals surface area contributed by atoms with E-state index in [1.165, 1.54) is 35.5 Å². The van der Waals surface area contributed by atoms with E-state index in [1.54, 1.807) is 0 Å². The lowest BCUT2D eigenvalue weighted by Crippen LogP contribution is -2.39. The Bertz CT molecular complexity index is 848. The van der Waals surface area contributed by atoms with Crippen molar-refractivity contribution < 1.29 is 27.5 Å². The lowest BCUT2D eigenvalue weighted by molar-refractivity contribution is -0.137. The van der Waals surface area contributed by atoms with Gasteiger partial charge in [-0.15, -0.1) is 11.3 Å². The number of aryl methyl sites for hydroxylation is 2. The molecular formula is C19H22F3N3O3S. The second kappa shape index (κ2) is 9.84. The van der Waals surface area contributed by atoms with Gasteiger partial charge >= 0.3 is 6.18 Å². The minimum absolute atomic E-state index is 0.133. The summed E-state index contributed by atoms with van der Waals surface area (Å²) in [4.78, 5) is 31.6. The van der Waals surface area contributed by atoms with Crippen LogP contribution in [0.5, 0.6) is 0 Å². The number of anilines is 1. The van der Waals surface area contributed by atoms with Crippen molar-refractivity contribution >= 4 is 28.3 Å². The van der Waals surface area contributed by atoms with E-state index in [4.69, 9.17) is 4.74 Å². The lowest BCUT2D eigenvalue weighted by atomic mass is 10.1. The van der Waals surface area contributed by atoms with Crippen LogP contribution in [0.3, 0.4) is 0 Å². The number of aromatic nitrogens is 1. The Hall–Kier alpha value is -2.46. The van der Waals surface area contributed by atoms with Gasteiger partial charge in [-0.05, 0) is 38.5 Å². The number of carbonyl (C=O) groups is 2. The smallest absolute Gasteiger partial charge is 0.385 e. The largest absolute Gasteiger partial charge is 0.416 e. The molecule has 0 saturated carbocycles. The summed E-state index contributed by atoms with van der Waals surface area (Å²) in [5.41, 5.74) is -0.258. The predicted octanol–water partition coefficient (Wildman–Crippen LogP) is 3.90. The summed E-state index contributed by atoms with van der Waals surface area (Å²) in [5.74, 6) is -1.13. The number of benzene rings is 1. The molecule has 10 heteroatoms. The van der Waals surface area contributed by atoms with Crippen molar-refractivity contribution in [2.45, 2.75) is 26.4 Å². The molecule has 0 aliphatic rings. The summed E-state index contributed by atoms with van der Waals surface area (Å²) < 4.78 is 43.8. The second-order valence-corrected chi connectivity index (χ2v) is 7.56. The maximum Gasteiger partial charge on any atom is 0.416 e. The van der Waals surface area contributed by atoms with Gasteiger partial charge in [0, 0.05) is 30.7 Å². The number of amides is 2. The van der Waals surface area contributed by atoms with Gasteiger partial charge in [0.2, 0.25) is 5.91 Å². The molecule has 1 aromatic carbocycles. The first-order valence-corrected chi connectivity index (χ1v) is 9.63. The molecule has 0 saturated heterocycles. The SMILES string of the molecule is COCCCN(CC(=O)Nc1nc(C)c(C)s1)C(=O)c1cccc(C(F)(F)F)c1. The van der Waals surface area contributed by atoms with Gasteiger partial charge in [0.05, 0.1) is 11.3 Å². The van der Waals surface area contributed by atoms with Gasteiger partial charge in [0.15, 0.2) is 5.13 Å². The Morgan fingerprint density at radius 2 is 2.00 bits per heavy atom. The fourth-order valence-corrected chi connectivity index (χ4v) is 3.35. The topological polar surface area (TPSA) is 71.5 Å². The molecule has 0 aliphatic carbocycles. The van der Waals surface area contributed by atoms with E-state index in [-0.39, 0.29) is 18.7 Å². The normalized spacial score (nSPS) is 11.4. The third-order valence-electron chi connectivity index (χ3n) is 4.11. The Morgan fingerprint density at radius 1 is 1.28 bits per heavy atom. The first-order chi connectivity index (χ1) is 13.6. The van der Waals surface area contributed by atoms with Crippen LogP contribution in [0.2, 0.25) is 0 Å². The Morgan fingerprint density at radius 3 is 2.59 bits per heavy atom. The number of alkyl halides is 3. The molecule has 158 valence electrons. The molecule has 29 heavy (non-hydrogen) atoms. The molecule has 2 rings (SSSR count). The molecule has 0 spiro atoms. The van der Waals surface area contributed by atoms with Gasteiger partial charge in [0.25, 0.3) is 5.91 Å². The number of nitrogens with zero attached hydrogens (tertiary/aromatic N) is 2. The van der Waals surface area contributed by atoms with Crippen molar-refractivity contribution in [2.24, 2.45) is 0 Å². The number of rotatable bonds is 8. The molecule has 1 N–H and O–H groups in total. The van der Waals surface area contributed by atoms with Crippen molar-refractivity contribution in [3.63, 3.8) is 0 Å². The van der Waals surface area contributed by atoms with Crippen LogP contribution in [0.1, 0.15) is 32.9 Å². The molecule has 1 aromatic heterocycles. The van der Waals surface area contributed by atoms with Crippen LogP contribution in [0.4, 0.5) is 18.3 Å². The number of methoxy groups -OCH3 is 1. The van der Waals surface area contributed by atoms with Crippen molar-refractivity contribution in [2.75, 3.05) is 32.1 Å². The Kier molecular flexibility index (Phi) is 7.74. The average molecular weight is 429 g/mol. The highest BCUT2D eigenvalue weighted by atomic mass is 32.1. The fraction of sp³-hybridized carbons (Fsp3) is 0.421. The maximum absolute atomic E-state index is 13.0. The fourth-order valence-electron chi connectivity index (χ4n) is 2.52. The molecule has 0 radical (unpaired) electrons. The highest BCUT2D eigenvalue weighted by molar-refractivity contribution is 7.15. The van der Waals surface area contributed by atoms with Crippen molar-refractivity contribution in [1.82, 2.24) is 9.88 Å². The standard InChI is InChI=1S/C19H22F3N3O3S/c1-12-13(2)29-18(23-12)24-16(26)11-25(8-5-9-28-3)17(27)14-6-4-7-15(10-14)19(20,21)22/h4,6-7,10H,5,8-9,11H2,1-3H3,(H,23,24,26). The van der Waals surface area contributed by atoms with E-state index in [0.717, 1.165) is 22.7 Å². The molecule has 1 heterocycles. The molecule has 6 nitrogen and oxygen atoms in total. The molecule has 0 fully saturated rings. The van der Waals surface area contributed by atoms with Gasteiger partial charge in [-0.1, -0.05) is 6.07 Å². The maximum atomic E-state index is 13.0. The number of hydrogen-bond acceptors (Lipinski definition) is 5. The summed E-state index contributed by atoms with van der Waals surface area (Å²) >= 11 is 1.31. The minimum atomic E-state index is -4.56. The monoisotopic (exact) mass is 429 g/mol. The lowest BCUT2D eigenvalue weighted by Gasteiger charge is -2.22. The third-order valence-corrected chi connectivity index (χ3v) is 5.10. The van der Waals surface area contributed by atoms with Crippen molar-refractivity contribution in [3.05, 3.63) is 46.0 Å². The number of hydrogen-bond donors (Lipinski definition) is 1. The highest BCUT2D eigenvalue weighted by Crippen LogP contribution is 2.29. The molecular weight excluding hydrogens is 407 g/mol. The van der Waals surface area contributed by atoms with Crippen LogP contribution in [0.15, 0.2) is 24.3 Å². The number of nitrogens with one attached hydrogen (secondary N) is 1. The zero-order valence-corrected chi connectivity index (χ0v) is 17.1. The van der Waals surface area contributed by atoms with Gasteiger partial charge in [-0.2, -0.15) is 13.2 Å². The quantitative estimate of drug-likeness (QED) is 0.646. The second-order valence-electron chi connectivity index (χ2n) is 6.36. The third kappa shape index (κ3) is 6.53. The van der Waals surface area contributed by atoms with E-state index in [0.29, 0.717) is 18.2 Å². The molecule has 0 aliphatic heterocycles. The highest BCUT2D eigenvalue weighted by Gasteiger charge is 2.31. The van der Waals surface area contributed by atoms with Gasteiger partial charge in [-0.25, -0.2) is 4.98 Å². The van der Waals surface area contributed by atoms with Crippen molar-refractivity contribution in [1.29, 1.82) is 0 Å². The van der Waals surface area contributed by atoms with E-state index >= 15 is 0 Å². The van der Waals surface area contributed by atoms with E-state index in [1.807, 2.05) is 13.8 Å². The van der Waals surface area contributed by atoms with E-state index in [2.05, 4.69) is 10.3 Å². The zero-order chi connectivity index (χ0) is 21.6. The first kappa shape index (κ1) is 22.8. The van der Waals surface area contributed by atoms with Gasteiger partial charge in [-0.3, -0.25) is 9.59 Å². The summed E-state index contributed by atoms with van der Waals surface area (Å²) in [5, 5.41) is 3.04. The first-order valence-electron chi connectivity index (χ1n) is 8.81. The zero-order valence-electron chi connectivity index (χ0n) is 16.3. The van der Waals surface area contributed by atoms with Gasteiger partial charge < -0.3 is 15.0 Å². The van der Waals surface area contributed by atoms with Crippen LogP contribution in [-0.2, 0) is 15.7 Å². The van der Waals surface area contributed by atoms with E-state index in [9.17, 15) is 22.8 Å². The predicted molar refractivity (Wildman–Crippen MR) is 104 cm³/mol. The summed E-state index contributed by atoms with van der Waals surface area (Å²) in [6.07, 6.45) is -4.13. The summed E-state index contributed by atoms with van der Waals surface area (Å²) in [6.45, 7) is 3.88. The van der Waals surface area contributed by atoms with Gasteiger partial charge in [0.1, 0.15) is 6.54 Å². The van der Waals surface area contributed by atoms with Crippen LogP contribution in [0.25, 0.3) is 0 Å². The summed E-state index contributed by atoms with van der Waals surface area (Å²) in [6, 6.07) is 4.15. The van der Waals surface area contributed by atoms with Crippen LogP contribution >= 0.6 is 11.3 Å². The molecule has 0 bridgehead atoms. The van der Waals surface area contributed by atoms with Crippen LogP contribution in [0, 0.1) is 13.8 Å². The molecule has 0 atom stereocenters. The average Bonchev–Trinajstić information content (AvgIpc) is 2.96. The Balaban J connectivity index is 2.16. The van der Waals surface area contributed by atoms with E-state index < -0.39 is 23.6 Å². The number of thiazole rings is 1. The number of ether oxygens (including phenoxy) is 1. The summed E-state index contributed by atoms with van der Waals surface area (Å²) in [7, 11) is 1.50. The van der Waals surface area contributed by atoms with Crippen LogP contribution in [-0.4, -0.2) is 48.5 Å². The number of carbonyl (C=O) groups excluding carboxylic acids is 2. The Labute approximate surface area is 170 Å². The molecule has 2 aromatic rings. The molecule has 2 amide bonds. The minimum Gasteiger partial charge on any atom is -0.385 e.